The van der Waals surface area contributed by atoms with Crippen molar-refractivity contribution in [1.82, 2.24) is 9.88 Å². The highest BCUT2D eigenvalue weighted by molar-refractivity contribution is 7.17. The van der Waals surface area contributed by atoms with Crippen LogP contribution < -0.4 is 9.47 Å². The predicted molar refractivity (Wildman–Crippen MR) is 102 cm³/mol. The van der Waals surface area contributed by atoms with Gasteiger partial charge in [0.15, 0.2) is 11.5 Å². The molecule has 0 saturated carbocycles. The molecule has 1 aliphatic rings. The number of thiazole rings is 1. The molecule has 140 valence electrons. The van der Waals surface area contributed by atoms with Gasteiger partial charge in [0.05, 0.1) is 12.3 Å². The average Bonchev–Trinajstić information content (AvgIpc) is 3.26. The molecule has 0 unspecified atom stereocenters. The first kappa shape index (κ1) is 18.7. The summed E-state index contributed by atoms with van der Waals surface area (Å²) in [6.45, 7) is 8.01. The monoisotopic (exact) mass is 376 g/mol. The molecule has 0 radical (unpaired) electrons. The molecule has 26 heavy (non-hydrogen) atoms. The van der Waals surface area contributed by atoms with Gasteiger partial charge in [-0.05, 0) is 58.0 Å². The lowest BCUT2D eigenvalue weighted by atomic mass is 10.2. The molecule has 1 aromatic heterocycles. The molecule has 6 nitrogen and oxygen atoms in total. The van der Waals surface area contributed by atoms with Crippen LogP contribution in [0.2, 0.25) is 0 Å². The Balaban J connectivity index is 1.75. The fourth-order valence-electron chi connectivity index (χ4n) is 3.04. The zero-order valence-electron chi connectivity index (χ0n) is 15.2. The Hall–Kier alpha value is -2.12. The Morgan fingerprint density at radius 2 is 2.04 bits per heavy atom. The number of aryl methyl sites for hydroxylation is 1. The SMILES string of the molecule is CCOc1cc(-c2nc(C)c(C(=O)O)s2)ccc1OCCN1CCCC1. The number of aromatic carboxylic acids is 1. The summed E-state index contributed by atoms with van der Waals surface area (Å²) in [6, 6.07) is 5.65. The maximum atomic E-state index is 11.2. The Morgan fingerprint density at radius 1 is 1.27 bits per heavy atom. The fraction of sp³-hybridized carbons (Fsp3) is 0.474. The van der Waals surface area contributed by atoms with Crippen molar-refractivity contribution in [2.24, 2.45) is 0 Å². The summed E-state index contributed by atoms with van der Waals surface area (Å²) in [4.78, 5) is 18.3. The Labute approximate surface area is 157 Å². The first-order valence-electron chi connectivity index (χ1n) is 8.91. The summed E-state index contributed by atoms with van der Waals surface area (Å²) in [5, 5.41) is 9.89. The molecule has 0 aliphatic carbocycles. The topological polar surface area (TPSA) is 71.9 Å². The lowest BCUT2D eigenvalue weighted by molar-refractivity contribution is 0.0701. The van der Waals surface area contributed by atoms with Crippen LogP contribution in [-0.2, 0) is 0 Å². The first-order valence-corrected chi connectivity index (χ1v) is 9.73. The molecule has 0 spiro atoms. The number of hydrogen-bond donors (Lipinski definition) is 1. The van der Waals surface area contributed by atoms with E-state index in [0.717, 1.165) is 25.2 Å². The van der Waals surface area contributed by atoms with E-state index in [4.69, 9.17) is 9.47 Å². The number of carboxylic acids is 1. The lowest BCUT2D eigenvalue weighted by Gasteiger charge is -2.17. The van der Waals surface area contributed by atoms with Crippen molar-refractivity contribution >= 4 is 17.3 Å². The Morgan fingerprint density at radius 3 is 2.69 bits per heavy atom. The molecule has 0 atom stereocenters. The maximum absolute atomic E-state index is 11.2. The van der Waals surface area contributed by atoms with Crippen LogP contribution in [0.3, 0.4) is 0 Å². The normalized spacial score (nSPS) is 14.5. The van der Waals surface area contributed by atoms with Gasteiger partial charge < -0.3 is 14.6 Å². The number of rotatable bonds is 8. The van der Waals surface area contributed by atoms with Crippen molar-refractivity contribution in [1.29, 1.82) is 0 Å². The largest absolute Gasteiger partial charge is 0.490 e. The van der Waals surface area contributed by atoms with Crippen LogP contribution in [0.5, 0.6) is 11.5 Å². The average molecular weight is 376 g/mol. The van der Waals surface area contributed by atoms with Gasteiger partial charge in [0.1, 0.15) is 16.5 Å². The summed E-state index contributed by atoms with van der Waals surface area (Å²) < 4.78 is 11.7. The molecule has 0 amide bonds. The summed E-state index contributed by atoms with van der Waals surface area (Å²) in [5.74, 6) is 0.427. The van der Waals surface area contributed by atoms with Gasteiger partial charge in [-0.3, -0.25) is 4.90 Å². The van der Waals surface area contributed by atoms with Gasteiger partial charge in [0.2, 0.25) is 0 Å². The van der Waals surface area contributed by atoms with E-state index in [9.17, 15) is 9.90 Å². The number of benzene rings is 1. The third-order valence-electron chi connectivity index (χ3n) is 4.35. The van der Waals surface area contributed by atoms with Crippen LogP contribution in [0.4, 0.5) is 0 Å². The molecule has 7 heteroatoms. The minimum atomic E-state index is -0.946. The number of nitrogens with zero attached hydrogens (tertiary/aromatic N) is 2. The maximum Gasteiger partial charge on any atom is 0.347 e. The van der Waals surface area contributed by atoms with Crippen molar-refractivity contribution in [2.45, 2.75) is 26.7 Å². The second kappa shape index (κ2) is 8.51. The summed E-state index contributed by atoms with van der Waals surface area (Å²) in [7, 11) is 0. The van der Waals surface area contributed by atoms with E-state index in [0.29, 0.717) is 35.4 Å². The van der Waals surface area contributed by atoms with Crippen LogP contribution in [-0.4, -0.2) is 53.8 Å². The number of carbonyl (C=O) groups is 1. The minimum Gasteiger partial charge on any atom is -0.490 e. The van der Waals surface area contributed by atoms with Gasteiger partial charge in [-0.2, -0.15) is 0 Å². The predicted octanol–water partition coefficient (Wildman–Crippen LogP) is 3.69. The second-order valence-electron chi connectivity index (χ2n) is 6.23. The van der Waals surface area contributed by atoms with E-state index < -0.39 is 5.97 Å². The van der Waals surface area contributed by atoms with E-state index in [1.807, 2.05) is 25.1 Å². The van der Waals surface area contributed by atoms with Gasteiger partial charge in [-0.1, -0.05) is 0 Å². The number of hydrogen-bond acceptors (Lipinski definition) is 6. The highest BCUT2D eigenvalue weighted by atomic mass is 32.1. The molecule has 2 heterocycles. The highest BCUT2D eigenvalue weighted by Gasteiger charge is 2.17. The molecule has 2 aromatic rings. The van der Waals surface area contributed by atoms with Crippen molar-refractivity contribution < 1.29 is 19.4 Å². The molecular formula is C19H24N2O4S. The molecule has 0 bridgehead atoms. The summed E-state index contributed by atoms with van der Waals surface area (Å²) in [5.41, 5.74) is 1.36. The Bertz CT molecular complexity index is 769. The molecule has 1 aliphatic heterocycles. The van der Waals surface area contributed by atoms with Crippen LogP contribution in [0.1, 0.15) is 35.1 Å². The standard InChI is InChI=1S/C19H24N2O4S/c1-3-24-16-12-14(18-20-13(2)17(26-18)19(22)23)6-7-15(16)25-11-10-21-8-4-5-9-21/h6-7,12H,3-5,8-11H2,1-2H3,(H,22,23). The van der Waals surface area contributed by atoms with Crippen LogP contribution in [0.25, 0.3) is 10.6 Å². The van der Waals surface area contributed by atoms with Crippen LogP contribution >= 0.6 is 11.3 Å². The van der Waals surface area contributed by atoms with Gasteiger partial charge >= 0.3 is 5.97 Å². The molecule has 1 fully saturated rings. The van der Waals surface area contributed by atoms with Gasteiger partial charge in [0.25, 0.3) is 0 Å². The second-order valence-corrected chi connectivity index (χ2v) is 7.23. The molecular weight excluding hydrogens is 352 g/mol. The zero-order chi connectivity index (χ0) is 18.5. The third kappa shape index (κ3) is 4.34. The highest BCUT2D eigenvalue weighted by Crippen LogP contribution is 2.35. The molecule has 1 aromatic carbocycles. The third-order valence-corrected chi connectivity index (χ3v) is 5.54. The van der Waals surface area contributed by atoms with Gasteiger partial charge in [-0.25, -0.2) is 9.78 Å². The number of likely N-dealkylation sites (tertiary alicyclic amines) is 1. The van der Waals surface area contributed by atoms with Crippen LogP contribution in [0, 0.1) is 6.92 Å². The lowest BCUT2D eigenvalue weighted by Crippen LogP contribution is -2.25. The smallest absolute Gasteiger partial charge is 0.347 e. The summed E-state index contributed by atoms with van der Waals surface area (Å²) >= 11 is 1.17. The van der Waals surface area contributed by atoms with E-state index in [-0.39, 0.29) is 4.88 Å². The van der Waals surface area contributed by atoms with E-state index >= 15 is 0 Å². The van der Waals surface area contributed by atoms with E-state index in [1.54, 1.807) is 6.92 Å². The van der Waals surface area contributed by atoms with Crippen molar-refractivity contribution in [3.05, 3.63) is 28.8 Å². The number of aromatic nitrogens is 1. The van der Waals surface area contributed by atoms with Crippen LogP contribution in [0.15, 0.2) is 18.2 Å². The van der Waals surface area contributed by atoms with Crippen molar-refractivity contribution in [3.8, 4) is 22.1 Å². The minimum absolute atomic E-state index is 0.267. The fourth-order valence-corrected chi connectivity index (χ4v) is 3.94. The quantitative estimate of drug-likeness (QED) is 0.758. The molecule has 3 rings (SSSR count). The zero-order valence-corrected chi connectivity index (χ0v) is 16.0. The van der Waals surface area contributed by atoms with Gasteiger partial charge in [-0.15, -0.1) is 11.3 Å². The molecule has 1 saturated heterocycles. The molecule has 1 N–H and O–H groups in total. The van der Waals surface area contributed by atoms with E-state index in [1.165, 1.54) is 24.2 Å². The first-order chi connectivity index (χ1) is 12.6. The number of carboxylic acid groups (broad SMARTS) is 1. The number of ether oxygens (including phenoxy) is 2. The van der Waals surface area contributed by atoms with Crippen molar-refractivity contribution in [3.63, 3.8) is 0 Å². The van der Waals surface area contributed by atoms with E-state index in [2.05, 4.69) is 9.88 Å². The Kier molecular flexibility index (Phi) is 6.11. The summed E-state index contributed by atoms with van der Waals surface area (Å²) in [6.07, 6.45) is 2.54. The van der Waals surface area contributed by atoms with Gasteiger partial charge in [0, 0.05) is 12.1 Å². The van der Waals surface area contributed by atoms with Crippen molar-refractivity contribution in [2.75, 3.05) is 32.8 Å².